The van der Waals surface area contributed by atoms with Crippen LogP contribution in [0.3, 0.4) is 0 Å². The molecule has 1 heterocycles. The molecule has 0 saturated carbocycles. The van der Waals surface area contributed by atoms with E-state index in [4.69, 9.17) is 0 Å². The highest BCUT2D eigenvalue weighted by atomic mass is 16.3. The molecule has 1 N–H and O–H groups in total. The number of hydrogen-bond donors (Lipinski definition) is 1. The number of hydrogen-bond acceptors (Lipinski definition) is 3. The van der Waals surface area contributed by atoms with E-state index < -0.39 is 6.10 Å². The van der Waals surface area contributed by atoms with Gasteiger partial charge < -0.3 is 5.11 Å². The quantitative estimate of drug-likeness (QED) is 0.914. The second-order valence-corrected chi connectivity index (χ2v) is 5.00. The lowest BCUT2D eigenvalue weighted by molar-refractivity contribution is 0.154. The standard InChI is InChI=1S/C15H18N2O2/c1-10-4-11(2)6-13(5-10)14(18)9-17-8-12(3)7-16-15(17)19/h4-8,14,18H,9H2,1-3H3. The number of benzene rings is 1. The van der Waals surface area contributed by atoms with Crippen LogP contribution in [0.2, 0.25) is 0 Å². The zero-order valence-corrected chi connectivity index (χ0v) is 11.4. The molecule has 1 unspecified atom stereocenters. The summed E-state index contributed by atoms with van der Waals surface area (Å²) in [7, 11) is 0. The maximum atomic E-state index is 11.6. The monoisotopic (exact) mass is 258 g/mol. The minimum atomic E-state index is -0.708. The Kier molecular flexibility index (Phi) is 3.81. The Balaban J connectivity index is 2.27. The predicted octanol–water partition coefficient (Wildman–Crippen LogP) is 1.90. The summed E-state index contributed by atoms with van der Waals surface area (Å²) in [5, 5.41) is 10.3. The van der Waals surface area contributed by atoms with Crippen molar-refractivity contribution in [3.05, 3.63) is 63.3 Å². The highest BCUT2D eigenvalue weighted by molar-refractivity contribution is 5.29. The van der Waals surface area contributed by atoms with Crippen LogP contribution < -0.4 is 5.69 Å². The molecule has 0 spiro atoms. The maximum absolute atomic E-state index is 11.6. The summed E-state index contributed by atoms with van der Waals surface area (Å²) in [5.74, 6) is 0. The fourth-order valence-corrected chi connectivity index (χ4v) is 2.19. The molecule has 1 aromatic heterocycles. The van der Waals surface area contributed by atoms with Crippen LogP contribution in [0.1, 0.15) is 28.4 Å². The first-order valence-corrected chi connectivity index (χ1v) is 6.25. The molecular weight excluding hydrogens is 240 g/mol. The minimum absolute atomic E-state index is 0.219. The molecule has 0 radical (unpaired) electrons. The molecule has 0 bridgehead atoms. The lowest BCUT2D eigenvalue weighted by atomic mass is 10.0. The second-order valence-electron chi connectivity index (χ2n) is 5.00. The first kappa shape index (κ1) is 13.5. The van der Waals surface area contributed by atoms with E-state index >= 15 is 0 Å². The summed E-state index contributed by atoms with van der Waals surface area (Å²) in [6.45, 7) is 6.07. The number of aryl methyl sites for hydroxylation is 3. The van der Waals surface area contributed by atoms with E-state index in [0.717, 1.165) is 22.3 Å². The van der Waals surface area contributed by atoms with E-state index in [1.165, 1.54) is 10.8 Å². The van der Waals surface area contributed by atoms with Gasteiger partial charge in [0.05, 0.1) is 12.6 Å². The van der Waals surface area contributed by atoms with Crippen molar-refractivity contribution in [1.29, 1.82) is 0 Å². The molecule has 100 valence electrons. The third-order valence-corrected chi connectivity index (χ3v) is 2.98. The van der Waals surface area contributed by atoms with Crippen molar-refractivity contribution in [2.75, 3.05) is 0 Å². The predicted molar refractivity (Wildman–Crippen MR) is 74.1 cm³/mol. The van der Waals surface area contributed by atoms with E-state index in [0.29, 0.717) is 0 Å². The Bertz CT molecular complexity index is 627. The molecule has 4 heteroatoms. The van der Waals surface area contributed by atoms with E-state index in [1.54, 1.807) is 6.20 Å². The van der Waals surface area contributed by atoms with Gasteiger partial charge in [0.2, 0.25) is 0 Å². The summed E-state index contributed by atoms with van der Waals surface area (Å²) in [6.07, 6.45) is 2.53. The Morgan fingerprint density at radius 1 is 1.16 bits per heavy atom. The van der Waals surface area contributed by atoms with Gasteiger partial charge in [0.25, 0.3) is 0 Å². The molecular formula is C15H18N2O2. The van der Waals surface area contributed by atoms with Crippen molar-refractivity contribution in [2.45, 2.75) is 33.4 Å². The van der Waals surface area contributed by atoms with Gasteiger partial charge in [-0.15, -0.1) is 0 Å². The van der Waals surface area contributed by atoms with Gasteiger partial charge in [-0.1, -0.05) is 29.3 Å². The number of aliphatic hydroxyl groups excluding tert-OH is 1. The molecule has 0 saturated heterocycles. The van der Waals surface area contributed by atoms with Crippen LogP contribution in [0.15, 0.2) is 35.4 Å². The van der Waals surface area contributed by atoms with Gasteiger partial charge in [0.15, 0.2) is 0 Å². The summed E-state index contributed by atoms with van der Waals surface area (Å²) in [6, 6.07) is 5.93. The van der Waals surface area contributed by atoms with Crippen LogP contribution in [0.25, 0.3) is 0 Å². The summed E-state index contributed by atoms with van der Waals surface area (Å²) in [4.78, 5) is 15.4. The van der Waals surface area contributed by atoms with Gasteiger partial charge >= 0.3 is 5.69 Å². The highest BCUT2D eigenvalue weighted by Gasteiger charge is 2.10. The molecule has 0 aliphatic carbocycles. The van der Waals surface area contributed by atoms with Gasteiger partial charge in [0.1, 0.15) is 0 Å². The van der Waals surface area contributed by atoms with E-state index in [-0.39, 0.29) is 12.2 Å². The second kappa shape index (κ2) is 5.36. The zero-order valence-electron chi connectivity index (χ0n) is 11.4. The van der Waals surface area contributed by atoms with Crippen molar-refractivity contribution < 1.29 is 5.11 Å². The average molecular weight is 258 g/mol. The Morgan fingerprint density at radius 2 is 1.79 bits per heavy atom. The van der Waals surface area contributed by atoms with E-state index in [2.05, 4.69) is 11.1 Å². The molecule has 2 rings (SSSR count). The molecule has 2 aromatic rings. The van der Waals surface area contributed by atoms with Crippen molar-refractivity contribution in [2.24, 2.45) is 0 Å². The third kappa shape index (κ3) is 3.29. The van der Waals surface area contributed by atoms with Crippen LogP contribution >= 0.6 is 0 Å². The molecule has 0 aliphatic heterocycles. The van der Waals surface area contributed by atoms with Gasteiger partial charge in [-0.2, -0.15) is 0 Å². The van der Waals surface area contributed by atoms with Gasteiger partial charge in [-0.25, -0.2) is 9.78 Å². The van der Waals surface area contributed by atoms with Crippen molar-refractivity contribution in [1.82, 2.24) is 9.55 Å². The first-order valence-electron chi connectivity index (χ1n) is 6.25. The topological polar surface area (TPSA) is 55.1 Å². The molecule has 0 aliphatic rings. The maximum Gasteiger partial charge on any atom is 0.347 e. The Morgan fingerprint density at radius 3 is 2.42 bits per heavy atom. The van der Waals surface area contributed by atoms with Gasteiger partial charge in [-0.3, -0.25) is 4.57 Å². The van der Waals surface area contributed by atoms with Crippen LogP contribution in [0.5, 0.6) is 0 Å². The summed E-state index contributed by atoms with van der Waals surface area (Å²) < 4.78 is 1.44. The lowest BCUT2D eigenvalue weighted by Crippen LogP contribution is -2.25. The first-order chi connectivity index (χ1) is 8.95. The van der Waals surface area contributed by atoms with Crippen molar-refractivity contribution >= 4 is 0 Å². The number of aromatic nitrogens is 2. The molecule has 19 heavy (non-hydrogen) atoms. The van der Waals surface area contributed by atoms with Crippen LogP contribution in [0.4, 0.5) is 0 Å². The van der Waals surface area contributed by atoms with Crippen LogP contribution in [-0.4, -0.2) is 14.7 Å². The van der Waals surface area contributed by atoms with Crippen LogP contribution in [0, 0.1) is 20.8 Å². The molecule has 1 atom stereocenters. The molecule has 4 nitrogen and oxygen atoms in total. The number of rotatable bonds is 3. The fraction of sp³-hybridized carbons (Fsp3) is 0.333. The van der Waals surface area contributed by atoms with Crippen LogP contribution in [-0.2, 0) is 6.54 Å². The average Bonchev–Trinajstić information content (AvgIpc) is 2.32. The third-order valence-electron chi connectivity index (χ3n) is 2.98. The van der Waals surface area contributed by atoms with Crippen molar-refractivity contribution in [3.8, 4) is 0 Å². The number of nitrogens with zero attached hydrogens (tertiary/aromatic N) is 2. The smallest absolute Gasteiger partial charge is 0.347 e. The lowest BCUT2D eigenvalue weighted by Gasteiger charge is -2.14. The highest BCUT2D eigenvalue weighted by Crippen LogP contribution is 2.18. The zero-order chi connectivity index (χ0) is 14.0. The van der Waals surface area contributed by atoms with E-state index in [9.17, 15) is 9.90 Å². The molecule has 0 fully saturated rings. The summed E-state index contributed by atoms with van der Waals surface area (Å²) in [5.41, 5.74) is 3.58. The molecule has 0 amide bonds. The van der Waals surface area contributed by atoms with Gasteiger partial charge in [0, 0.05) is 12.4 Å². The number of aliphatic hydroxyl groups is 1. The van der Waals surface area contributed by atoms with E-state index in [1.807, 2.05) is 32.9 Å². The minimum Gasteiger partial charge on any atom is -0.387 e. The Hall–Kier alpha value is -1.94. The van der Waals surface area contributed by atoms with Crippen molar-refractivity contribution in [3.63, 3.8) is 0 Å². The van der Waals surface area contributed by atoms with Gasteiger partial charge in [-0.05, 0) is 31.9 Å². The summed E-state index contributed by atoms with van der Waals surface area (Å²) >= 11 is 0. The largest absolute Gasteiger partial charge is 0.387 e. The molecule has 1 aromatic carbocycles. The normalized spacial score (nSPS) is 12.4. The fourth-order valence-electron chi connectivity index (χ4n) is 2.19. The SMILES string of the molecule is Cc1cc(C)cc(C(O)Cn2cc(C)cnc2=O)c1. The Labute approximate surface area is 112 Å².